The fourth-order valence-corrected chi connectivity index (χ4v) is 3.04. The van der Waals surface area contributed by atoms with E-state index in [1.165, 1.54) is 0 Å². The molecule has 1 aromatic carbocycles. The van der Waals surface area contributed by atoms with Gasteiger partial charge < -0.3 is 10.0 Å². The van der Waals surface area contributed by atoms with Gasteiger partial charge in [-0.25, -0.2) is 0 Å². The molecule has 25 heavy (non-hydrogen) atoms. The van der Waals surface area contributed by atoms with Crippen LogP contribution in [-0.4, -0.2) is 39.2 Å². The summed E-state index contributed by atoms with van der Waals surface area (Å²) >= 11 is 0. The zero-order valence-corrected chi connectivity index (χ0v) is 13.4. The lowest BCUT2D eigenvalue weighted by molar-refractivity contribution is -0.141. The van der Waals surface area contributed by atoms with Crippen LogP contribution in [0.25, 0.3) is 0 Å². The van der Waals surface area contributed by atoms with Crippen molar-refractivity contribution in [1.29, 1.82) is 0 Å². The Morgan fingerprint density at radius 3 is 2.56 bits per heavy atom. The van der Waals surface area contributed by atoms with Crippen LogP contribution in [0.5, 0.6) is 0 Å². The highest BCUT2D eigenvalue weighted by atomic mass is 19.4. The summed E-state index contributed by atoms with van der Waals surface area (Å²) in [5, 5.41) is 14.4. The molecule has 1 aliphatic rings. The smallest absolute Gasteiger partial charge is 0.392 e. The minimum absolute atomic E-state index is 0.00440. The van der Waals surface area contributed by atoms with E-state index in [9.17, 15) is 18.0 Å². The fraction of sp³-hybridized carbons (Fsp3) is 0.412. The summed E-state index contributed by atoms with van der Waals surface area (Å²) in [4.78, 5) is 13.9. The summed E-state index contributed by atoms with van der Waals surface area (Å²) in [6.45, 7) is 0.997. The van der Waals surface area contributed by atoms with Gasteiger partial charge in [-0.3, -0.25) is 9.89 Å². The second-order valence-corrected chi connectivity index (χ2v) is 6.25. The number of aromatic nitrogens is 2. The van der Waals surface area contributed by atoms with E-state index >= 15 is 0 Å². The molecule has 0 aliphatic carbocycles. The number of aromatic amines is 1. The van der Waals surface area contributed by atoms with Gasteiger partial charge in [0.15, 0.2) is 5.69 Å². The summed E-state index contributed by atoms with van der Waals surface area (Å²) in [6, 6.07) is 8.35. The van der Waals surface area contributed by atoms with Crippen molar-refractivity contribution in [3.05, 3.63) is 52.8 Å². The largest absolute Gasteiger partial charge is 0.432 e. The molecule has 2 heterocycles. The molecule has 1 aliphatic heterocycles. The first-order valence-corrected chi connectivity index (χ1v) is 7.97. The molecule has 0 saturated carbocycles. The number of amides is 1. The maximum atomic E-state index is 12.6. The molecule has 134 valence electrons. The third-order valence-corrected chi connectivity index (χ3v) is 4.41. The Bertz CT molecular complexity index is 740. The maximum absolute atomic E-state index is 12.6. The molecule has 0 radical (unpaired) electrons. The Kier molecular flexibility index (Phi) is 4.80. The predicted molar refractivity (Wildman–Crippen MR) is 83.7 cm³/mol. The molecule has 1 amide bonds. The fourth-order valence-electron chi connectivity index (χ4n) is 3.04. The van der Waals surface area contributed by atoms with Crippen LogP contribution in [0, 0.1) is 5.92 Å². The van der Waals surface area contributed by atoms with Gasteiger partial charge in [0, 0.05) is 19.2 Å². The van der Waals surface area contributed by atoms with Crippen LogP contribution < -0.4 is 0 Å². The number of H-pyrrole nitrogens is 1. The zero-order valence-electron chi connectivity index (χ0n) is 13.4. The van der Waals surface area contributed by atoms with Crippen LogP contribution in [0.4, 0.5) is 13.2 Å². The molecule has 5 nitrogen and oxygen atoms in total. The number of alkyl halides is 3. The SMILES string of the molecule is O=C(c1cc(C(F)(F)F)[nH]n1)N1CC[C@H](Cc2ccc(CO)cc2)C1. The maximum Gasteiger partial charge on any atom is 0.432 e. The van der Waals surface area contributed by atoms with Gasteiger partial charge in [-0.15, -0.1) is 0 Å². The number of benzene rings is 1. The van der Waals surface area contributed by atoms with E-state index in [1.54, 1.807) is 4.90 Å². The third-order valence-electron chi connectivity index (χ3n) is 4.41. The Morgan fingerprint density at radius 1 is 1.28 bits per heavy atom. The highest BCUT2D eigenvalue weighted by molar-refractivity contribution is 5.92. The molecule has 3 rings (SSSR count). The minimum Gasteiger partial charge on any atom is -0.392 e. The molecule has 8 heteroatoms. The molecule has 0 spiro atoms. The van der Waals surface area contributed by atoms with Gasteiger partial charge in [-0.1, -0.05) is 24.3 Å². The number of aliphatic hydroxyl groups is 1. The van der Waals surface area contributed by atoms with Crippen LogP contribution in [0.1, 0.15) is 33.7 Å². The van der Waals surface area contributed by atoms with Crippen molar-refractivity contribution in [2.45, 2.75) is 25.6 Å². The van der Waals surface area contributed by atoms with E-state index < -0.39 is 17.8 Å². The van der Waals surface area contributed by atoms with Crippen LogP contribution in [0.3, 0.4) is 0 Å². The average molecular weight is 353 g/mol. The molecule has 2 aromatic rings. The summed E-state index contributed by atoms with van der Waals surface area (Å²) in [7, 11) is 0. The molecule has 2 N–H and O–H groups in total. The van der Waals surface area contributed by atoms with Crippen LogP contribution in [0.2, 0.25) is 0 Å². The number of carbonyl (C=O) groups is 1. The van der Waals surface area contributed by atoms with Crippen molar-refractivity contribution in [3.63, 3.8) is 0 Å². The topological polar surface area (TPSA) is 69.2 Å². The van der Waals surface area contributed by atoms with E-state index in [0.717, 1.165) is 30.0 Å². The standard InChI is InChI=1S/C17H18F3N3O2/c18-17(19,20)15-8-14(21-22-15)16(25)23-6-5-13(9-23)7-11-1-3-12(10-24)4-2-11/h1-4,8,13,24H,5-7,9-10H2,(H,21,22)/t13-/m1/s1. The molecule has 1 atom stereocenters. The highest BCUT2D eigenvalue weighted by Gasteiger charge is 2.35. The quantitative estimate of drug-likeness (QED) is 0.888. The van der Waals surface area contributed by atoms with E-state index in [4.69, 9.17) is 5.11 Å². The number of aliphatic hydroxyl groups excluding tert-OH is 1. The number of hydrogen-bond donors (Lipinski definition) is 2. The molecule has 0 bridgehead atoms. The van der Waals surface area contributed by atoms with Gasteiger partial charge in [-0.05, 0) is 29.9 Å². The first kappa shape index (κ1) is 17.5. The van der Waals surface area contributed by atoms with Crippen LogP contribution >= 0.6 is 0 Å². The van der Waals surface area contributed by atoms with Gasteiger partial charge in [0.1, 0.15) is 5.69 Å². The van der Waals surface area contributed by atoms with Crippen molar-refractivity contribution in [2.24, 2.45) is 5.92 Å². The number of rotatable bonds is 4. The Morgan fingerprint density at radius 2 is 1.96 bits per heavy atom. The lowest BCUT2D eigenvalue weighted by Crippen LogP contribution is -2.29. The number of halogens is 3. The van der Waals surface area contributed by atoms with Gasteiger partial charge in [0.2, 0.25) is 0 Å². The van der Waals surface area contributed by atoms with Crippen molar-refractivity contribution >= 4 is 5.91 Å². The normalized spacial score (nSPS) is 17.9. The highest BCUT2D eigenvalue weighted by Crippen LogP contribution is 2.28. The Labute approximate surface area is 142 Å². The minimum atomic E-state index is -4.54. The monoisotopic (exact) mass is 353 g/mol. The number of nitrogens with one attached hydrogen (secondary N) is 1. The Balaban J connectivity index is 1.60. The predicted octanol–water partition coefficient (Wildman–Crippen LogP) is 2.63. The second-order valence-electron chi connectivity index (χ2n) is 6.25. The molecule has 1 saturated heterocycles. The van der Waals surface area contributed by atoms with Gasteiger partial charge in [-0.2, -0.15) is 18.3 Å². The first-order chi connectivity index (χ1) is 11.9. The summed E-state index contributed by atoms with van der Waals surface area (Å²) in [6.07, 6.45) is -2.96. The Hall–Kier alpha value is -2.35. The van der Waals surface area contributed by atoms with Gasteiger partial charge in [0.25, 0.3) is 5.91 Å². The van der Waals surface area contributed by atoms with Crippen molar-refractivity contribution < 1.29 is 23.1 Å². The van der Waals surface area contributed by atoms with E-state index in [0.29, 0.717) is 13.1 Å². The lowest BCUT2D eigenvalue weighted by atomic mass is 9.98. The molecule has 0 unspecified atom stereocenters. The molecule has 1 fully saturated rings. The second kappa shape index (κ2) is 6.87. The van der Waals surface area contributed by atoms with E-state index in [-0.39, 0.29) is 18.2 Å². The van der Waals surface area contributed by atoms with E-state index in [2.05, 4.69) is 5.10 Å². The number of likely N-dealkylation sites (tertiary alicyclic amines) is 1. The average Bonchev–Trinajstić information content (AvgIpc) is 3.24. The van der Waals surface area contributed by atoms with Crippen molar-refractivity contribution in [2.75, 3.05) is 13.1 Å². The number of carbonyl (C=O) groups excluding carboxylic acids is 1. The summed E-state index contributed by atoms with van der Waals surface area (Å²) in [5.74, 6) is -0.227. The lowest BCUT2D eigenvalue weighted by Gasteiger charge is -2.15. The van der Waals surface area contributed by atoms with Crippen molar-refractivity contribution in [3.8, 4) is 0 Å². The summed E-state index contributed by atoms with van der Waals surface area (Å²) in [5.41, 5.74) is 0.720. The molecular weight excluding hydrogens is 335 g/mol. The molecule has 1 aromatic heterocycles. The summed E-state index contributed by atoms with van der Waals surface area (Å²) < 4.78 is 37.8. The number of hydrogen-bond acceptors (Lipinski definition) is 3. The zero-order chi connectivity index (χ0) is 18.0. The van der Waals surface area contributed by atoms with Crippen LogP contribution in [0.15, 0.2) is 30.3 Å². The van der Waals surface area contributed by atoms with Gasteiger partial charge >= 0.3 is 6.18 Å². The first-order valence-electron chi connectivity index (χ1n) is 7.97. The van der Waals surface area contributed by atoms with Crippen molar-refractivity contribution in [1.82, 2.24) is 15.1 Å². The third kappa shape index (κ3) is 4.01. The van der Waals surface area contributed by atoms with E-state index in [1.807, 2.05) is 29.4 Å². The molecular formula is C17H18F3N3O2. The van der Waals surface area contributed by atoms with Crippen LogP contribution in [-0.2, 0) is 19.2 Å². The van der Waals surface area contributed by atoms with Gasteiger partial charge in [0.05, 0.1) is 6.61 Å². The number of nitrogens with zero attached hydrogens (tertiary/aromatic N) is 2.